The minimum Gasteiger partial charge on any atom is -0.436 e. The summed E-state index contributed by atoms with van der Waals surface area (Å²) in [6.45, 7) is 9.02. The lowest BCUT2D eigenvalue weighted by molar-refractivity contribution is 0.00619. The summed E-state index contributed by atoms with van der Waals surface area (Å²) in [7, 11) is -1.95. The van der Waals surface area contributed by atoms with Gasteiger partial charge in [-0.1, -0.05) is 0 Å². The molecule has 0 aliphatic heterocycles. The Morgan fingerprint density at radius 2 is 1.78 bits per heavy atom. The first-order valence-electron chi connectivity index (χ1n) is 6.34. The standard InChI is InChI=1S/C11H28O5Si2/c1-14-18(5,16-17(2,3)4)8-6-7-15-10-11(13)9-12/h11-13H,6-10H2,1-5H3. The number of ether oxygens (including phenoxy) is 1. The Kier molecular flexibility index (Phi) is 8.52. The van der Waals surface area contributed by atoms with Crippen molar-refractivity contribution in [3.8, 4) is 0 Å². The highest BCUT2D eigenvalue weighted by Crippen LogP contribution is 2.20. The van der Waals surface area contributed by atoms with E-state index in [-0.39, 0.29) is 13.2 Å². The van der Waals surface area contributed by atoms with Gasteiger partial charge >= 0.3 is 8.56 Å². The van der Waals surface area contributed by atoms with Crippen molar-refractivity contribution in [2.45, 2.75) is 44.8 Å². The van der Waals surface area contributed by atoms with Crippen molar-refractivity contribution < 1.29 is 23.5 Å². The molecule has 5 nitrogen and oxygen atoms in total. The fourth-order valence-electron chi connectivity index (χ4n) is 1.61. The zero-order chi connectivity index (χ0) is 14.2. The Morgan fingerprint density at radius 1 is 1.17 bits per heavy atom. The molecule has 0 amide bonds. The van der Waals surface area contributed by atoms with E-state index in [2.05, 4.69) is 26.2 Å². The normalized spacial score (nSPS) is 17.5. The molecule has 0 saturated carbocycles. The van der Waals surface area contributed by atoms with Crippen LogP contribution in [0.2, 0.25) is 32.2 Å². The molecule has 2 unspecified atom stereocenters. The lowest BCUT2D eigenvalue weighted by atomic mass is 10.4. The maximum absolute atomic E-state index is 9.11. The number of hydrogen-bond donors (Lipinski definition) is 2. The van der Waals surface area contributed by atoms with Crippen molar-refractivity contribution >= 4 is 16.9 Å². The third kappa shape index (κ3) is 9.20. The van der Waals surface area contributed by atoms with E-state index in [1.165, 1.54) is 0 Å². The second-order valence-electron chi connectivity index (χ2n) is 5.57. The summed E-state index contributed by atoms with van der Waals surface area (Å²) in [5.41, 5.74) is 0. The molecular formula is C11H28O5Si2. The first kappa shape index (κ1) is 18.2. The van der Waals surface area contributed by atoms with Gasteiger partial charge in [0, 0.05) is 13.7 Å². The van der Waals surface area contributed by atoms with Gasteiger partial charge in [-0.25, -0.2) is 0 Å². The van der Waals surface area contributed by atoms with Crippen molar-refractivity contribution in [2.75, 3.05) is 26.9 Å². The van der Waals surface area contributed by atoms with Crippen LogP contribution < -0.4 is 0 Å². The molecule has 0 spiro atoms. The summed E-state index contributed by atoms with van der Waals surface area (Å²) in [6.07, 6.45) is 0.0634. The molecule has 0 aromatic heterocycles. The summed E-state index contributed by atoms with van der Waals surface area (Å²) >= 11 is 0. The molecule has 2 atom stereocenters. The van der Waals surface area contributed by atoms with Crippen LogP contribution in [0.15, 0.2) is 0 Å². The van der Waals surface area contributed by atoms with Crippen LogP contribution >= 0.6 is 0 Å². The third-order valence-electron chi connectivity index (χ3n) is 2.39. The van der Waals surface area contributed by atoms with Crippen LogP contribution in [-0.2, 0) is 13.3 Å². The molecule has 18 heavy (non-hydrogen) atoms. The van der Waals surface area contributed by atoms with E-state index >= 15 is 0 Å². The molecule has 0 rings (SSSR count). The summed E-state index contributed by atoms with van der Waals surface area (Å²) in [5.74, 6) is 0. The zero-order valence-corrected chi connectivity index (χ0v) is 14.2. The average Bonchev–Trinajstić information content (AvgIpc) is 2.26. The van der Waals surface area contributed by atoms with Gasteiger partial charge in [0.2, 0.25) is 0 Å². The lowest BCUT2D eigenvalue weighted by Crippen LogP contribution is -2.46. The van der Waals surface area contributed by atoms with E-state index in [1.54, 1.807) is 7.11 Å². The molecule has 0 radical (unpaired) electrons. The van der Waals surface area contributed by atoms with Crippen molar-refractivity contribution in [3.63, 3.8) is 0 Å². The van der Waals surface area contributed by atoms with E-state index in [1.807, 2.05) is 0 Å². The van der Waals surface area contributed by atoms with Crippen LogP contribution in [0.3, 0.4) is 0 Å². The highest BCUT2D eigenvalue weighted by atomic mass is 28.4. The van der Waals surface area contributed by atoms with Crippen molar-refractivity contribution in [1.82, 2.24) is 0 Å². The number of aliphatic hydroxyl groups is 2. The van der Waals surface area contributed by atoms with Gasteiger partial charge in [0.1, 0.15) is 6.10 Å². The predicted molar refractivity (Wildman–Crippen MR) is 76.4 cm³/mol. The first-order valence-corrected chi connectivity index (χ1v) is 12.3. The Bertz CT molecular complexity index is 222. The molecule has 0 bridgehead atoms. The number of rotatable bonds is 10. The highest BCUT2D eigenvalue weighted by molar-refractivity contribution is 6.81. The highest BCUT2D eigenvalue weighted by Gasteiger charge is 2.34. The Labute approximate surface area is 112 Å². The van der Waals surface area contributed by atoms with Gasteiger partial charge in [-0.15, -0.1) is 0 Å². The molecule has 0 aromatic rings. The molecule has 7 heteroatoms. The molecule has 0 saturated heterocycles. The summed E-state index contributed by atoms with van der Waals surface area (Å²) in [4.78, 5) is 0. The van der Waals surface area contributed by atoms with Gasteiger partial charge < -0.3 is 23.5 Å². The number of aliphatic hydroxyl groups excluding tert-OH is 2. The van der Waals surface area contributed by atoms with Crippen molar-refractivity contribution in [3.05, 3.63) is 0 Å². The van der Waals surface area contributed by atoms with Crippen LogP contribution in [0.4, 0.5) is 0 Å². The van der Waals surface area contributed by atoms with Crippen LogP contribution in [0, 0.1) is 0 Å². The molecule has 2 N–H and O–H groups in total. The van der Waals surface area contributed by atoms with Gasteiger partial charge in [0.15, 0.2) is 8.32 Å². The Hall–Kier alpha value is 0.234. The van der Waals surface area contributed by atoms with Crippen molar-refractivity contribution in [2.24, 2.45) is 0 Å². The fraction of sp³-hybridized carbons (Fsp3) is 1.00. The zero-order valence-electron chi connectivity index (χ0n) is 12.2. The smallest absolute Gasteiger partial charge is 0.324 e. The van der Waals surface area contributed by atoms with Gasteiger partial charge in [-0.3, -0.25) is 0 Å². The van der Waals surface area contributed by atoms with E-state index in [4.69, 9.17) is 23.5 Å². The van der Waals surface area contributed by atoms with Crippen molar-refractivity contribution in [1.29, 1.82) is 0 Å². The van der Waals surface area contributed by atoms with Crippen LogP contribution in [0.5, 0.6) is 0 Å². The maximum Gasteiger partial charge on any atom is 0.324 e. The van der Waals surface area contributed by atoms with Gasteiger partial charge in [0.25, 0.3) is 0 Å². The van der Waals surface area contributed by atoms with E-state index in [0.717, 1.165) is 12.5 Å². The largest absolute Gasteiger partial charge is 0.436 e. The second kappa shape index (κ2) is 8.41. The summed E-state index contributed by atoms with van der Waals surface area (Å²) in [6, 6.07) is 0.878. The fourth-order valence-corrected chi connectivity index (χ4v) is 8.52. The average molecular weight is 297 g/mol. The SMILES string of the molecule is CO[Si](C)(CCCOCC(O)CO)O[Si](C)(C)C. The summed E-state index contributed by atoms with van der Waals surface area (Å²) in [5, 5.41) is 17.7. The molecule has 0 fully saturated rings. The van der Waals surface area contributed by atoms with Crippen LogP contribution in [0.25, 0.3) is 0 Å². The van der Waals surface area contributed by atoms with E-state index in [0.29, 0.717) is 6.61 Å². The Balaban J connectivity index is 3.86. The minimum absolute atomic E-state index is 0.177. The minimum atomic E-state index is -2.07. The summed E-state index contributed by atoms with van der Waals surface area (Å²) < 4.78 is 17.0. The number of hydrogen-bond acceptors (Lipinski definition) is 5. The molecule has 0 aliphatic carbocycles. The van der Waals surface area contributed by atoms with E-state index in [9.17, 15) is 0 Å². The molecular weight excluding hydrogens is 268 g/mol. The maximum atomic E-state index is 9.11. The molecule has 0 aliphatic rings. The monoisotopic (exact) mass is 296 g/mol. The first-order chi connectivity index (χ1) is 8.22. The Morgan fingerprint density at radius 3 is 2.22 bits per heavy atom. The molecule has 0 heterocycles. The predicted octanol–water partition coefficient (Wildman–Crippen LogP) is 1.32. The molecule has 110 valence electrons. The molecule has 0 aromatic carbocycles. The lowest BCUT2D eigenvalue weighted by Gasteiger charge is -2.32. The quantitative estimate of drug-likeness (QED) is 0.470. The van der Waals surface area contributed by atoms with Gasteiger partial charge in [-0.2, -0.15) is 0 Å². The topological polar surface area (TPSA) is 68.2 Å². The van der Waals surface area contributed by atoms with Gasteiger partial charge in [-0.05, 0) is 38.7 Å². The van der Waals surface area contributed by atoms with Crippen LogP contribution in [0.1, 0.15) is 6.42 Å². The third-order valence-corrected chi connectivity index (χ3v) is 8.70. The van der Waals surface area contributed by atoms with Crippen LogP contribution in [-0.4, -0.2) is 60.1 Å². The van der Waals surface area contributed by atoms with Gasteiger partial charge in [0.05, 0.1) is 13.2 Å². The van der Waals surface area contributed by atoms with E-state index < -0.39 is 23.0 Å². The second-order valence-corrected chi connectivity index (χ2v) is 13.8.